The van der Waals surface area contributed by atoms with Gasteiger partial charge in [0.25, 0.3) is 5.95 Å². The maximum absolute atomic E-state index is 12.8. The minimum atomic E-state index is -0.334. The van der Waals surface area contributed by atoms with E-state index in [0.717, 1.165) is 10.8 Å². The Balaban J connectivity index is 1.90. The van der Waals surface area contributed by atoms with Gasteiger partial charge in [0.15, 0.2) is 0 Å². The fourth-order valence-electron chi connectivity index (χ4n) is 2.73. The van der Waals surface area contributed by atoms with Crippen molar-refractivity contribution in [3.63, 3.8) is 0 Å². The van der Waals surface area contributed by atoms with Crippen molar-refractivity contribution in [1.29, 1.82) is 0 Å². The number of hydrogen-bond donors (Lipinski definition) is 1. The molecule has 4 rings (SSSR count). The number of ketones is 1. The Morgan fingerprint density at radius 2 is 1.59 bits per heavy atom. The highest BCUT2D eigenvalue weighted by atomic mass is 16.5. The number of aromatic hydroxyl groups is 1. The van der Waals surface area contributed by atoms with Crippen LogP contribution in [0.2, 0.25) is 0 Å². The Labute approximate surface area is 126 Å². The van der Waals surface area contributed by atoms with Crippen LogP contribution in [0.3, 0.4) is 0 Å². The molecule has 0 aliphatic carbocycles. The van der Waals surface area contributed by atoms with Gasteiger partial charge in [0.1, 0.15) is 11.1 Å². The van der Waals surface area contributed by atoms with Gasteiger partial charge in [0.2, 0.25) is 5.78 Å². The summed E-state index contributed by atoms with van der Waals surface area (Å²) in [5.74, 6) is -0.576. The van der Waals surface area contributed by atoms with Gasteiger partial charge in [-0.25, -0.2) is 0 Å². The van der Waals surface area contributed by atoms with Crippen LogP contribution < -0.4 is 0 Å². The summed E-state index contributed by atoms with van der Waals surface area (Å²) in [6.45, 7) is 0. The zero-order valence-electron chi connectivity index (χ0n) is 11.6. The standard InChI is InChI=1S/C19H12O3/c20-18(14-10-9-12-5-1-2-6-13(12)11-14)17-15-7-3-4-8-16(15)22-19(17)21/h1-11,21H. The molecule has 0 bridgehead atoms. The average molecular weight is 288 g/mol. The van der Waals surface area contributed by atoms with Gasteiger partial charge in [-0.15, -0.1) is 0 Å². The van der Waals surface area contributed by atoms with Crippen LogP contribution in [0.5, 0.6) is 5.95 Å². The van der Waals surface area contributed by atoms with E-state index in [1.54, 1.807) is 24.3 Å². The van der Waals surface area contributed by atoms with Crippen LogP contribution in [-0.4, -0.2) is 10.9 Å². The Morgan fingerprint density at radius 1 is 0.864 bits per heavy atom. The molecule has 1 heterocycles. The first-order chi connectivity index (χ1) is 10.7. The lowest BCUT2D eigenvalue weighted by Gasteiger charge is -2.02. The second kappa shape index (κ2) is 4.74. The Hall–Kier alpha value is -3.07. The van der Waals surface area contributed by atoms with E-state index in [2.05, 4.69) is 0 Å². The van der Waals surface area contributed by atoms with Gasteiger partial charge >= 0.3 is 0 Å². The molecule has 0 aliphatic heterocycles. The number of furan rings is 1. The van der Waals surface area contributed by atoms with Gasteiger partial charge in [-0.3, -0.25) is 4.79 Å². The summed E-state index contributed by atoms with van der Waals surface area (Å²) in [6, 6.07) is 20.5. The van der Waals surface area contributed by atoms with Crippen molar-refractivity contribution in [2.45, 2.75) is 0 Å². The molecule has 3 aromatic carbocycles. The molecular weight excluding hydrogens is 276 g/mol. The number of fused-ring (bicyclic) bond motifs is 2. The number of rotatable bonds is 2. The summed E-state index contributed by atoms with van der Waals surface area (Å²) in [6.07, 6.45) is 0. The molecule has 22 heavy (non-hydrogen) atoms. The maximum atomic E-state index is 12.8. The molecule has 0 saturated carbocycles. The summed E-state index contributed by atoms with van der Waals surface area (Å²) in [4.78, 5) is 12.8. The molecule has 0 spiro atoms. The van der Waals surface area contributed by atoms with Crippen LogP contribution in [-0.2, 0) is 0 Å². The van der Waals surface area contributed by atoms with Crippen LogP contribution in [0.15, 0.2) is 71.1 Å². The highest BCUT2D eigenvalue weighted by molar-refractivity contribution is 6.18. The molecule has 0 aliphatic rings. The first kappa shape index (κ1) is 12.7. The molecule has 0 radical (unpaired) electrons. The largest absolute Gasteiger partial charge is 0.480 e. The van der Waals surface area contributed by atoms with E-state index in [-0.39, 0.29) is 17.3 Å². The summed E-state index contributed by atoms with van der Waals surface area (Å²) < 4.78 is 5.26. The topological polar surface area (TPSA) is 50.4 Å². The van der Waals surface area contributed by atoms with Crippen molar-refractivity contribution >= 4 is 27.5 Å². The average Bonchev–Trinajstić information content (AvgIpc) is 2.89. The molecule has 1 N–H and O–H groups in total. The third kappa shape index (κ3) is 1.87. The highest BCUT2D eigenvalue weighted by Gasteiger charge is 2.21. The Kier molecular flexibility index (Phi) is 2.73. The minimum Gasteiger partial charge on any atom is -0.480 e. The Morgan fingerprint density at radius 3 is 2.45 bits per heavy atom. The van der Waals surface area contributed by atoms with Gasteiger partial charge in [0, 0.05) is 10.9 Å². The summed E-state index contributed by atoms with van der Waals surface area (Å²) in [7, 11) is 0. The SMILES string of the molecule is O=C(c1ccc2ccccc2c1)c1c(O)oc2ccccc12. The molecule has 0 fully saturated rings. The van der Waals surface area contributed by atoms with Gasteiger partial charge < -0.3 is 9.52 Å². The van der Waals surface area contributed by atoms with Gasteiger partial charge in [0.05, 0.1) is 0 Å². The number of carbonyl (C=O) groups is 1. The number of carbonyl (C=O) groups excluding carboxylic acids is 1. The van der Waals surface area contributed by atoms with Crippen molar-refractivity contribution in [2.24, 2.45) is 0 Å². The normalized spacial score (nSPS) is 11.1. The number of hydrogen-bond acceptors (Lipinski definition) is 3. The lowest BCUT2D eigenvalue weighted by atomic mass is 9.99. The number of benzene rings is 3. The first-order valence-electron chi connectivity index (χ1n) is 6.98. The van der Waals surface area contributed by atoms with Crippen LogP contribution in [0, 0.1) is 0 Å². The van der Waals surface area contributed by atoms with Crippen molar-refractivity contribution in [3.8, 4) is 5.95 Å². The predicted octanol–water partition coefficient (Wildman–Crippen LogP) is 4.52. The third-order valence-corrected chi connectivity index (χ3v) is 3.82. The molecule has 0 unspecified atom stereocenters. The fraction of sp³-hybridized carbons (Fsp3) is 0. The smallest absolute Gasteiger partial charge is 0.294 e. The van der Waals surface area contributed by atoms with Crippen LogP contribution >= 0.6 is 0 Å². The molecule has 106 valence electrons. The highest BCUT2D eigenvalue weighted by Crippen LogP contribution is 2.33. The van der Waals surface area contributed by atoms with Crippen molar-refractivity contribution < 1.29 is 14.3 Å². The van der Waals surface area contributed by atoms with Gasteiger partial charge in [-0.05, 0) is 22.9 Å². The molecule has 0 saturated heterocycles. The predicted molar refractivity (Wildman–Crippen MR) is 85.3 cm³/mol. The van der Waals surface area contributed by atoms with E-state index in [1.807, 2.05) is 42.5 Å². The third-order valence-electron chi connectivity index (χ3n) is 3.82. The molecule has 4 aromatic rings. The fourth-order valence-corrected chi connectivity index (χ4v) is 2.73. The molecule has 0 atom stereocenters. The van der Waals surface area contributed by atoms with E-state index < -0.39 is 0 Å². The lowest BCUT2D eigenvalue weighted by Crippen LogP contribution is -2.00. The van der Waals surface area contributed by atoms with Crippen LogP contribution in [0.1, 0.15) is 15.9 Å². The van der Waals surface area contributed by atoms with Crippen molar-refractivity contribution in [1.82, 2.24) is 0 Å². The van der Waals surface area contributed by atoms with Crippen LogP contribution in [0.4, 0.5) is 0 Å². The van der Waals surface area contributed by atoms with E-state index in [4.69, 9.17) is 4.42 Å². The molecule has 3 nitrogen and oxygen atoms in total. The quantitative estimate of drug-likeness (QED) is 0.552. The van der Waals surface area contributed by atoms with E-state index in [0.29, 0.717) is 16.5 Å². The van der Waals surface area contributed by atoms with E-state index >= 15 is 0 Å². The zero-order valence-corrected chi connectivity index (χ0v) is 11.6. The first-order valence-corrected chi connectivity index (χ1v) is 6.98. The van der Waals surface area contributed by atoms with Crippen LogP contribution in [0.25, 0.3) is 21.7 Å². The van der Waals surface area contributed by atoms with Gasteiger partial charge in [-0.1, -0.05) is 54.6 Å². The van der Waals surface area contributed by atoms with Gasteiger partial charge in [-0.2, -0.15) is 0 Å². The second-order valence-corrected chi connectivity index (χ2v) is 5.17. The molecule has 3 heteroatoms. The summed E-state index contributed by atoms with van der Waals surface area (Å²) in [5.41, 5.74) is 1.25. The molecule has 1 aromatic heterocycles. The van der Waals surface area contributed by atoms with Crippen molar-refractivity contribution in [3.05, 3.63) is 77.9 Å². The number of para-hydroxylation sites is 1. The Bertz CT molecular complexity index is 1010. The monoisotopic (exact) mass is 288 g/mol. The van der Waals surface area contributed by atoms with E-state index in [9.17, 15) is 9.90 Å². The lowest BCUT2D eigenvalue weighted by molar-refractivity contribution is 0.103. The van der Waals surface area contributed by atoms with Crippen molar-refractivity contribution in [2.75, 3.05) is 0 Å². The minimum absolute atomic E-state index is 0.214. The summed E-state index contributed by atoms with van der Waals surface area (Å²) in [5, 5.41) is 12.7. The molecular formula is C19H12O3. The van der Waals surface area contributed by atoms with E-state index in [1.165, 1.54) is 0 Å². The second-order valence-electron chi connectivity index (χ2n) is 5.17. The molecule has 0 amide bonds. The summed E-state index contributed by atoms with van der Waals surface area (Å²) >= 11 is 0. The maximum Gasteiger partial charge on any atom is 0.294 e. The zero-order chi connectivity index (χ0) is 15.1.